The molecule has 0 amide bonds. The minimum atomic E-state index is -0.481. The molecule has 5 nitrogen and oxygen atoms in total. The highest BCUT2D eigenvalue weighted by molar-refractivity contribution is 6.30. The summed E-state index contributed by atoms with van der Waals surface area (Å²) in [7, 11) is 0. The first-order chi connectivity index (χ1) is 12.1. The zero-order valence-electron chi connectivity index (χ0n) is 13.5. The Morgan fingerprint density at radius 1 is 1.24 bits per heavy atom. The molecule has 0 unspecified atom stereocenters. The van der Waals surface area contributed by atoms with E-state index in [0.29, 0.717) is 10.8 Å². The van der Waals surface area contributed by atoms with Gasteiger partial charge in [-0.2, -0.15) is 4.98 Å². The smallest absolute Gasteiger partial charge is 0.331 e. The lowest BCUT2D eigenvalue weighted by Gasteiger charge is -1.99. The average molecular weight is 355 g/mol. The fourth-order valence-electron chi connectivity index (χ4n) is 2.17. The van der Waals surface area contributed by atoms with Crippen molar-refractivity contribution in [3.05, 3.63) is 76.6 Å². The summed E-state index contributed by atoms with van der Waals surface area (Å²) in [5, 5.41) is 4.44. The lowest BCUT2D eigenvalue weighted by molar-refractivity contribution is -0.139. The molecule has 0 N–H and O–H groups in total. The second kappa shape index (κ2) is 7.77. The largest absolute Gasteiger partial charge is 0.452 e. The highest BCUT2D eigenvalue weighted by Gasteiger charge is 2.10. The molecular weight excluding hydrogens is 340 g/mol. The Morgan fingerprint density at radius 3 is 2.88 bits per heavy atom. The zero-order chi connectivity index (χ0) is 17.6. The third-order valence-corrected chi connectivity index (χ3v) is 3.71. The van der Waals surface area contributed by atoms with Gasteiger partial charge in [0.05, 0.1) is 0 Å². The Balaban J connectivity index is 1.59. The van der Waals surface area contributed by atoms with E-state index in [2.05, 4.69) is 10.1 Å². The SMILES string of the molecule is Cc1ccccc1/C=C/C(=O)OCc1nc(-c2cccc(Cl)c2)no1. The van der Waals surface area contributed by atoms with E-state index in [9.17, 15) is 4.79 Å². The van der Waals surface area contributed by atoms with Crippen molar-refractivity contribution in [3.63, 3.8) is 0 Å². The number of halogens is 1. The fourth-order valence-corrected chi connectivity index (χ4v) is 2.36. The maximum absolute atomic E-state index is 11.8. The van der Waals surface area contributed by atoms with Crippen LogP contribution in [0.1, 0.15) is 17.0 Å². The summed E-state index contributed by atoms with van der Waals surface area (Å²) in [6, 6.07) is 14.9. The van der Waals surface area contributed by atoms with Crippen LogP contribution < -0.4 is 0 Å². The molecule has 0 saturated heterocycles. The Bertz CT molecular complexity index is 918. The third kappa shape index (κ3) is 4.55. The lowest BCUT2D eigenvalue weighted by Crippen LogP contribution is -2.01. The van der Waals surface area contributed by atoms with Crippen molar-refractivity contribution in [3.8, 4) is 11.4 Å². The Hall–Kier alpha value is -2.92. The topological polar surface area (TPSA) is 65.2 Å². The molecule has 3 aromatic rings. The van der Waals surface area contributed by atoms with Gasteiger partial charge >= 0.3 is 5.97 Å². The van der Waals surface area contributed by atoms with Crippen LogP contribution in [0, 0.1) is 6.92 Å². The van der Waals surface area contributed by atoms with Gasteiger partial charge in [-0.25, -0.2) is 4.79 Å². The normalized spacial score (nSPS) is 11.0. The Labute approximate surface area is 149 Å². The first-order valence-corrected chi connectivity index (χ1v) is 7.98. The van der Waals surface area contributed by atoms with Gasteiger partial charge in [0.15, 0.2) is 6.61 Å². The fraction of sp³-hybridized carbons (Fsp3) is 0.105. The van der Waals surface area contributed by atoms with Crippen molar-refractivity contribution in [2.75, 3.05) is 0 Å². The number of hydrogen-bond acceptors (Lipinski definition) is 5. The minimum Gasteiger partial charge on any atom is -0.452 e. The van der Waals surface area contributed by atoms with Crippen molar-refractivity contribution >= 4 is 23.6 Å². The second-order valence-electron chi connectivity index (χ2n) is 5.32. The van der Waals surface area contributed by atoms with Crippen LogP contribution >= 0.6 is 11.6 Å². The van der Waals surface area contributed by atoms with E-state index in [0.717, 1.165) is 16.7 Å². The van der Waals surface area contributed by atoms with Crippen LogP contribution in [-0.4, -0.2) is 16.1 Å². The van der Waals surface area contributed by atoms with Crippen molar-refractivity contribution < 1.29 is 14.1 Å². The summed E-state index contributed by atoms with van der Waals surface area (Å²) in [4.78, 5) is 16.0. The lowest BCUT2D eigenvalue weighted by atomic mass is 10.1. The van der Waals surface area contributed by atoms with E-state index in [4.69, 9.17) is 20.9 Å². The number of hydrogen-bond donors (Lipinski definition) is 0. The Morgan fingerprint density at radius 2 is 2.08 bits per heavy atom. The molecule has 0 aliphatic carbocycles. The monoisotopic (exact) mass is 354 g/mol. The number of esters is 1. The number of benzene rings is 2. The second-order valence-corrected chi connectivity index (χ2v) is 5.76. The van der Waals surface area contributed by atoms with Crippen LogP contribution in [0.4, 0.5) is 0 Å². The van der Waals surface area contributed by atoms with Crippen molar-refractivity contribution in [2.24, 2.45) is 0 Å². The summed E-state index contributed by atoms with van der Waals surface area (Å²) in [6.45, 7) is 1.88. The molecule has 0 fully saturated rings. The van der Waals surface area contributed by atoms with E-state index in [-0.39, 0.29) is 12.5 Å². The van der Waals surface area contributed by atoms with Gasteiger partial charge in [0.2, 0.25) is 5.82 Å². The minimum absolute atomic E-state index is 0.0927. The third-order valence-electron chi connectivity index (χ3n) is 3.48. The molecule has 25 heavy (non-hydrogen) atoms. The van der Waals surface area contributed by atoms with Gasteiger partial charge in [0.1, 0.15) is 0 Å². The molecule has 0 aliphatic rings. The standard InChI is InChI=1S/C19H15ClN2O3/c1-13-5-2-3-6-14(13)9-10-18(23)24-12-17-21-19(22-25-17)15-7-4-8-16(20)11-15/h2-11H,12H2,1H3/b10-9+. The van der Waals surface area contributed by atoms with E-state index in [1.165, 1.54) is 6.08 Å². The summed E-state index contributed by atoms with van der Waals surface area (Å²) < 4.78 is 10.2. The molecule has 1 heterocycles. The van der Waals surface area contributed by atoms with E-state index >= 15 is 0 Å². The van der Waals surface area contributed by atoms with Gasteiger partial charge in [-0.05, 0) is 36.3 Å². The van der Waals surface area contributed by atoms with Gasteiger partial charge in [0.25, 0.3) is 5.89 Å². The molecule has 3 rings (SSSR count). The van der Waals surface area contributed by atoms with Crippen molar-refractivity contribution in [1.82, 2.24) is 10.1 Å². The van der Waals surface area contributed by atoms with Crippen LogP contribution in [0.3, 0.4) is 0 Å². The molecule has 0 aliphatic heterocycles. The van der Waals surface area contributed by atoms with Gasteiger partial charge < -0.3 is 9.26 Å². The van der Waals surface area contributed by atoms with E-state index < -0.39 is 5.97 Å². The maximum atomic E-state index is 11.8. The van der Waals surface area contributed by atoms with Gasteiger partial charge in [-0.1, -0.05) is 53.2 Å². The summed E-state index contributed by atoms with van der Waals surface area (Å²) >= 11 is 5.94. The maximum Gasteiger partial charge on any atom is 0.331 e. The number of carbonyl (C=O) groups is 1. The molecule has 1 aromatic heterocycles. The molecule has 0 saturated carbocycles. The first-order valence-electron chi connectivity index (χ1n) is 7.61. The highest BCUT2D eigenvalue weighted by Crippen LogP contribution is 2.20. The number of carbonyl (C=O) groups excluding carboxylic acids is 1. The number of nitrogens with zero attached hydrogens (tertiary/aromatic N) is 2. The molecule has 6 heteroatoms. The van der Waals surface area contributed by atoms with E-state index in [1.54, 1.807) is 24.3 Å². The summed E-state index contributed by atoms with van der Waals surface area (Å²) in [6.07, 6.45) is 3.08. The number of aromatic nitrogens is 2. The van der Waals surface area contributed by atoms with Crippen LogP contribution in [0.2, 0.25) is 5.02 Å². The van der Waals surface area contributed by atoms with Gasteiger partial charge in [-0.3, -0.25) is 0 Å². The predicted molar refractivity (Wildman–Crippen MR) is 94.8 cm³/mol. The van der Waals surface area contributed by atoms with Crippen molar-refractivity contribution in [2.45, 2.75) is 13.5 Å². The van der Waals surface area contributed by atoms with Crippen LogP contribution in [-0.2, 0) is 16.1 Å². The molecule has 0 spiro atoms. The Kier molecular flexibility index (Phi) is 5.26. The first kappa shape index (κ1) is 16.9. The molecule has 0 radical (unpaired) electrons. The highest BCUT2D eigenvalue weighted by atomic mass is 35.5. The summed E-state index contributed by atoms with van der Waals surface area (Å²) in [5.41, 5.74) is 2.77. The van der Waals surface area contributed by atoms with E-state index in [1.807, 2.05) is 37.3 Å². The van der Waals surface area contributed by atoms with Crippen molar-refractivity contribution in [1.29, 1.82) is 0 Å². The number of ether oxygens (including phenoxy) is 1. The average Bonchev–Trinajstić information content (AvgIpc) is 3.08. The number of aryl methyl sites for hydroxylation is 1. The molecule has 2 aromatic carbocycles. The van der Waals surface area contributed by atoms with Crippen LogP contribution in [0.5, 0.6) is 0 Å². The molecule has 0 bridgehead atoms. The summed E-state index contributed by atoms with van der Waals surface area (Å²) in [5.74, 6) is 0.127. The quantitative estimate of drug-likeness (QED) is 0.500. The predicted octanol–water partition coefficient (Wildman–Crippen LogP) is 4.46. The molecular formula is C19H15ClN2O3. The van der Waals surface area contributed by atoms with Gasteiger partial charge in [-0.15, -0.1) is 0 Å². The zero-order valence-corrected chi connectivity index (χ0v) is 14.2. The van der Waals surface area contributed by atoms with Crippen LogP contribution in [0.15, 0.2) is 59.1 Å². The molecule has 126 valence electrons. The van der Waals surface area contributed by atoms with Gasteiger partial charge in [0, 0.05) is 16.7 Å². The number of rotatable bonds is 5. The molecule has 0 atom stereocenters. The van der Waals surface area contributed by atoms with Crippen LogP contribution in [0.25, 0.3) is 17.5 Å².